The fourth-order valence-electron chi connectivity index (χ4n) is 4.33. The Balaban J connectivity index is 1.40. The first-order valence-corrected chi connectivity index (χ1v) is 10.2. The van der Waals surface area contributed by atoms with Crippen molar-refractivity contribution in [1.82, 2.24) is 20.2 Å². The number of anilines is 2. The summed E-state index contributed by atoms with van der Waals surface area (Å²) in [5, 5.41) is 10.4. The Kier molecular flexibility index (Phi) is 4.78. The highest BCUT2D eigenvalue weighted by Crippen LogP contribution is 2.35. The van der Waals surface area contributed by atoms with Crippen molar-refractivity contribution in [2.75, 3.05) is 17.6 Å². The number of hydrogen-bond donors (Lipinski definition) is 2. The van der Waals surface area contributed by atoms with Gasteiger partial charge >= 0.3 is 11.8 Å². The van der Waals surface area contributed by atoms with Gasteiger partial charge in [-0.2, -0.15) is 0 Å². The lowest BCUT2D eigenvalue weighted by molar-refractivity contribution is -0.146. The van der Waals surface area contributed by atoms with E-state index in [-0.39, 0.29) is 6.04 Å². The first-order valence-electron chi connectivity index (χ1n) is 10.2. The molecule has 31 heavy (non-hydrogen) atoms. The number of pyridine rings is 1. The van der Waals surface area contributed by atoms with Crippen LogP contribution in [0.5, 0.6) is 0 Å². The number of hydrogen-bond acceptors (Lipinski definition) is 8. The Hall–Kier alpha value is -3.53. The second-order valence-corrected chi connectivity index (χ2v) is 8.13. The number of fused-ring (bicyclic) bond motifs is 2. The second kappa shape index (κ2) is 7.62. The molecule has 4 heterocycles. The summed E-state index contributed by atoms with van der Waals surface area (Å²) < 4.78 is 10.2. The highest BCUT2D eigenvalue weighted by Gasteiger charge is 2.35. The fraction of sp³-hybridized carbons (Fsp3) is 0.381. The monoisotopic (exact) mass is 422 g/mol. The van der Waals surface area contributed by atoms with Crippen LogP contribution in [-0.2, 0) is 27.5 Å². The van der Waals surface area contributed by atoms with Gasteiger partial charge in [-0.25, -0.2) is 9.61 Å². The van der Waals surface area contributed by atoms with E-state index in [4.69, 9.17) is 15.1 Å². The maximum Gasteiger partial charge on any atom is 0.313 e. The molecule has 0 aliphatic carbocycles. The molecule has 1 saturated heterocycles. The van der Waals surface area contributed by atoms with Crippen LogP contribution < -0.4 is 11.1 Å². The maximum atomic E-state index is 13.2. The molecule has 2 aliphatic heterocycles. The first-order chi connectivity index (χ1) is 15.0. The topological polar surface area (TPSA) is 136 Å². The van der Waals surface area contributed by atoms with Gasteiger partial charge in [-0.3, -0.25) is 9.59 Å². The molecule has 0 spiro atoms. The van der Waals surface area contributed by atoms with Crippen LogP contribution in [-0.4, -0.2) is 38.6 Å². The van der Waals surface area contributed by atoms with E-state index in [1.54, 1.807) is 4.90 Å². The number of aromatic nitrogens is 3. The van der Waals surface area contributed by atoms with Gasteiger partial charge < -0.3 is 20.7 Å². The molecule has 5 rings (SSSR count). The predicted octanol–water partition coefficient (Wildman–Crippen LogP) is 2.17. The standard InChI is InChI=1S/C21H22N6O4/c1-11-2-5-18(12-3-4-15-16(6-12)26-31-25-15)27(8-11)21(29)20(28)24-17-7-23-19(22)14-10-30-9-13(14)17/h3-4,6-7,11,18H,2,5,8-10H2,1H3,(H2,22,23)(H,24,28). The Bertz CT molecular complexity index is 1180. The summed E-state index contributed by atoms with van der Waals surface area (Å²) in [4.78, 5) is 31.9. The van der Waals surface area contributed by atoms with Crippen LogP contribution >= 0.6 is 0 Å². The molecule has 10 heteroatoms. The van der Waals surface area contributed by atoms with Gasteiger partial charge in [-0.15, -0.1) is 0 Å². The van der Waals surface area contributed by atoms with E-state index in [1.807, 2.05) is 18.2 Å². The van der Waals surface area contributed by atoms with Crippen molar-refractivity contribution in [3.63, 3.8) is 0 Å². The number of ether oxygens (including phenoxy) is 1. The Morgan fingerprint density at radius 2 is 1.97 bits per heavy atom. The summed E-state index contributed by atoms with van der Waals surface area (Å²) in [6.45, 7) is 3.23. The fourth-order valence-corrected chi connectivity index (χ4v) is 4.33. The van der Waals surface area contributed by atoms with Crippen LogP contribution in [0.4, 0.5) is 11.5 Å². The van der Waals surface area contributed by atoms with E-state index < -0.39 is 11.8 Å². The molecule has 160 valence electrons. The SMILES string of the molecule is CC1CCC(c2ccc3nonc3c2)N(C(=O)C(=O)Nc2cnc(N)c3c2COC3)C1. The summed E-state index contributed by atoms with van der Waals surface area (Å²) >= 11 is 0. The van der Waals surface area contributed by atoms with E-state index >= 15 is 0 Å². The number of nitrogen functional groups attached to an aromatic ring is 1. The molecule has 10 nitrogen and oxygen atoms in total. The zero-order valence-electron chi connectivity index (χ0n) is 17.0. The third kappa shape index (κ3) is 3.48. The first kappa shape index (κ1) is 19.4. The third-order valence-corrected chi connectivity index (χ3v) is 6.01. The van der Waals surface area contributed by atoms with Crippen LogP contribution in [0, 0.1) is 5.92 Å². The summed E-state index contributed by atoms with van der Waals surface area (Å²) in [6.07, 6.45) is 3.18. The molecule has 3 N–H and O–H groups in total. The van der Waals surface area contributed by atoms with Gasteiger partial charge in [0.25, 0.3) is 0 Å². The van der Waals surface area contributed by atoms with E-state index in [1.165, 1.54) is 6.20 Å². The minimum Gasteiger partial charge on any atom is -0.383 e. The average molecular weight is 422 g/mol. The van der Waals surface area contributed by atoms with Gasteiger partial charge in [0.05, 0.1) is 31.1 Å². The largest absolute Gasteiger partial charge is 0.383 e. The number of nitrogens with one attached hydrogen (secondary N) is 1. The van der Waals surface area contributed by atoms with Crippen molar-refractivity contribution in [2.45, 2.75) is 39.0 Å². The third-order valence-electron chi connectivity index (χ3n) is 6.01. The summed E-state index contributed by atoms with van der Waals surface area (Å²) in [6, 6.07) is 5.35. The van der Waals surface area contributed by atoms with Crippen LogP contribution in [0.1, 0.15) is 42.5 Å². The molecule has 1 fully saturated rings. The Morgan fingerprint density at radius 1 is 1.16 bits per heavy atom. The molecule has 2 atom stereocenters. The number of amides is 2. The minimum atomic E-state index is -0.705. The quantitative estimate of drug-likeness (QED) is 0.600. The average Bonchev–Trinajstić information content (AvgIpc) is 3.44. The van der Waals surface area contributed by atoms with Crippen molar-refractivity contribution in [3.8, 4) is 0 Å². The zero-order chi connectivity index (χ0) is 21.5. The number of benzene rings is 1. The number of rotatable bonds is 2. The van der Waals surface area contributed by atoms with Crippen molar-refractivity contribution < 1.29 is 19.0 Å². The van der Waals surface area contributed by atoms with Crippen molar-refractivity contribution in [1.29, 1.82) is 0 Å². The zero-order valence-corrected chi connectivity index (χ0v) is 17.0. The van der Waals surface area contributed by atoms with Gasteiger partial charge in [0.1, 0.15) is 16.9 Å². The van der Waals surface area contributed by atoms with Crippen molar-refractivity contribution in [2.24, 2.45) is 5.92 Å². The number of carbonyl (C=O) groups excluding carboxylic acids is 2. The highest BCUT2D eigenvalue weighted by atomic mass is 16.6. The maximum absolute atomic E-state index is 13.2. The Labute approximate surface area is 177 Å². The summed E-state index contributed by atoms with van der Waals surface area (Å²) in [5.41, 5.74) is 10.0. The number of piperidine rings is 1. The molecule has 2 aliphatic rings. The minimum absolute atomic E-state index is 0.228. The molecule has 0 radical (unpaired) electrons. The van der Waals surface area contributed by atoms with Crippen LogP contribution in [0.3, 0.4) is 0 Å². The number of nitrogens with zero attached hydrogens (tertiary/aromatic N) is 4. The summed E-state index contributed by atoms with van der Waals surface area (Å²) in [7, 11) is 0. The summed E-state index contributed by atoms with van der Waals surface area (Å²) in [5.74, 6) is -0.621. The van der Waals surface area contributed by atoms with Gasteiger partial charge in [-0.05, 0) is 46.8 Å². The number of carbonyl (C=O) groups is 2. The number of nitrogens with two attached hydrogens (primary N) is 1. The molecule has 0 saturated carbocycles. The highest BCUT2D eigenvalue weighted by molar-refractivity contribution is 6.39. The predicted molar refractivity (Wildman–Crippen MR) is 110 cm³/mol. The normalized spacial score (nSPS) is 20.6. The van der Waals surface area contributed by atoms with E-state index in [2.05, 4.69) is 27.5 Å². The molecular weight excluding hydrogens is 400 g/mol. The van der Waals surface area contributed by atoms with Crippen LogP contribution in [0.15, 0.2) is 29.0 Å². The smallest absolute Gasteiger partial charge is 0.313 e. The lowest BCUT2D eigenvalue weighted by atomic mass is 9.89. The molecule has 2 aromatic heterocycles. The second-order valence-electron chi connectivity index (χ2n) is 8.13. The lowest BCUT2D eigenvalue weighted by Gasteiger charge is -2.38. The van der Waals surface area contributed by atoms with Gasteiger partial charge in [0, 0.05) is 17.7 Å². The molecule has 3 aromatic rings. The van der Waals surface area contributed by atoms with Crippen molar-refractivity contribution >= 4 is 34.4 Å². The Morgan fingerprint density at radius 3 is 2.84 bits per heavy atom. The molecular formula is C21H22N6O4. The van der Waals surface area contributed by atoms with E-state index in [9.17, 15) is 9.59 Å². The van der Waals surface area contributed by atoms with Gasteiger partial charge in [0.2, 0.25) is 0 Å². The van der Waals surface area contributed by atoms with E-state index in [0.29, 0.717) is 48.2 Å². The lowest BCUT2D eigenvalue weighted by Crippen LogP contribution is -2.46. The van der Waals surface area contributed by atoms with Crippen LogP contribution in [0.2, 0.25) is 0 Å². The van der Waals surface area contributed by atoms with Gasteiger partial charge in [0.15, 0.2) is 0 Å². The molecule has 2 amide bonds. The van der Waals surface area contributed by atoms with Gasteiger partial charge in [-0.1, -0.05) is 13.0 Å². The van der Waals surface area contributed by atoms with Crippen LogP contribution in [0.25, 0.3) is 11.0 Å². The molecule has 0 bridgehead atoms. The number of likely N-dealkylation sites (tertiary alicyclic amines) is 1. The van der Waals surface area contributed by atoms with E-state index in [0.717, 1.165) is 29.5 Å². The van der Waals surface area contributed by atoms with Crippen molar-refractivity contribution in [3.05, 3.63) is 41.1 Å². The molecule has 2 unspecified atom stereocenters. The molecule has 1 aromatic carbocycles.